The lowest BCUT2D eigenvalue weighted by atomic mass is 10.1. The van der Waals surface area contributed by atoms with E-state index in [0.717, 1.165) is 0 Å². The fraction of sp³-hybridized carbons (Fsp3) is 0.333. The molecule has 0 bridgehead atoms. The molecule has 1 heterocycles. The highest BCUT2D eigenvalue weighted by Gasteiger charge is 2.26. The smallest absolute Gasteiger partial charge is 0.264 e. The maximum Gasteiger partial charge on any atom is 0.264 e. The molecule has 0 radical (unpaired) electrons. The van der Waals surface area contributed by atoms with E-state index in [2.05, 4.69) is 9.43 Å². The number of epoxide rings is 1. The molecule has 0 aliphatic carbocycles. The Kier molecular flexibility index (Phi) is 2.82. The monoisotopic (exact) mass is 239 g/mol. The second-order valence-corrected chi connectivity index (χ2v) is 4.97. The third-order valence-corrected chi connectivity index (χ3v) is 3.49. The van der Waals surface area contributed by atoms with Gasteiger partial charge in [0.05, 0.1) is 17.6 Å². The zero-order chi connectivity index (χ0) is 11.6. The van der Waals surface area contributed by atoms with Gasteiger partial charge in [-0.1, -0.05) is 18.2 Å². The Bertz CT molecular complexity index is 545. The minimum Gasteiger partial charge on any atom is -0.373 e. The highest BCUT2D eigenvalue weighted by molar-refractivity contribution is 7.90. The van der Waals surface area contributed by atoms with Crippen molar-refractivity contribution in [3.63, 3.8) is 0 Å². The van der Waals surface area contributed by atoms with E-state index in [1.807, 2.05) is 0 Å². The Morgan fingerprint density at radius 2 is 2.19 bits per heavy atom. The van der Waals surface area contributed by atoms with Crippen LogP contribution in [-0.4, -0.2) is 21.1 Å². The van der Waals surface area contributed by atoms with E-state index in [0.29, 0.717) is 18.6 Å². The highest BCUT2D eigenvalue weighted by Crippen LogP contribution is 2.23. The van der Waals surface area contributed by atoms with Crippen LogP contribution in [0.2, 0.25) is 0 Å². The summed E-state index contributed by atoms with van der Waals surface area (Å²) in [5, 5.41) is 0. The van der Waals surface area contributed by atoms with E-state index in [4.69, 9.17) is 10.3 Å². The summed E-state index contributed by atoms with van der Waals surface area (Å²) >= 11 is 0. The molecule has 0 aromatic heterocycles. The topological polar surface area (TPSA) is 95.4 Å². The van der Waals surface area contributed by atoms with E-state index in [1.54, 1.807) is 18.2 Å². The molecule has 1 aliphatic rings. The molecule has 84 valence electrons. The number of sulfonamides is 1. The summed E-state index contributed by atoms with van der Waals surface area (Å²) in [5.41, 5.74) is 8.83. The third kappa shape index (κ3) is 2.33. The zero-order valence-electron chi connectivity index (χ0n) is 8.28. The molecule has 16 heavy (non-hydrogen) atoms. The van der Waals surface area contributed by atoms with E-state index in [1.165, 1.54) is 6.07 Å². The molecule has 0 amide bonds. The number of rotatable bonds is 4. The average Bonchev–Trinajstić information content (AvgIpc) is 3.02. The minimum atomic E-state index is -3.91. The molecule has 0 saturated carbocycles. The van der Waals surface area contributed by atoms with Crippen LogP contribution in [0.25, 0.3) is 10.4 Å². The molecule has 1 unspecified atom stereocenters. The van der Waals surface area contributed by atoms with Crippen LogP contribution < -0.4 is 0 Å². The van der Waals surface area contributed by atoms with Crippen molar-refractivity contribution in [3.8, 4) is 0 Å². The highest BCUT2D eigenvalue weighted by atomic mass is 32.2. The second kappa shape index (κ2) is 4.13. The van der Waals surface area contributed by atoms with Gasteiger partial charge in [0.2, 0.25) is 0 Å². The summed E-state index contributed by atoms with van der Waals surface area (Å²) in [4.78, 5) is 2.38. The lowest BCUT2D eigenvalue weighted by molar-refractivity contribution is 0.406. The van der Waals surface area contributed by atoms with Crippen LogP contribution in [0, 0.1) is 0 Å². The van der Waals surface area contributed by atoms with Crippen molar-refractivity contribution in [1.82, 2.24) is 0 Å². The number of azide groups is 1. The number of hydrogen-bond acceptors (Lipinski definition) is 3. The van der Waals surface area contributed by atoms with Crippen molar-refractivity contribution < 1.29 is 13.2 Å². The quantitative estimate of drug-likeness (QED) is 0.345. The van der Waals surface area contributed by atoms with Gasteiger partial charge in [-0.25, -0.2) is 8.42 Å². The molecule has 1 aromatic rings. The maximum atomic E-state index is 11.6. The molecule has 1 aliphatic heterocycles. The van der Waals surface area contributed by atoms with Gasteiger partial charge >= 0.3 is 0 Å². The number of ether oxygens (including phenoxy) is 1. The lowest BCUT2D eigenvalue weighted by Gasteiger charge is -2.04. The second-order valence-electron chi connectivity index (χ2n) is 3.41. The van der Waals surface area contributed by atoms with Gasteiger partial charge in [-0.05, 0) is 17.2 Å². The van der Waals surface area contributed by atoms with Crippen molar-refractivity contribution in [2.75, 3.05) is 6.61 Å². The van der Waals surface area contributed by atoms with Crippen molar-refractivity contribution in [2.24, 2.45) is 4.52 Å². The molecular weight excluding hydrogens is 230 g/mol. The molecular formula is C9H9N3O3S. The minimum absolute atomic E-state index is 0.0586. The predicted molar refractivity (Wildman–Crippen MR) is 56.2 cm³/mol. The van der Waals surface area contributed by atoms with Crippen LogP contribution in [-0.2, 0) is 21.2 Å². The molecule has 7 heteroatoms. The summed E-state index contributed by atoms with van der Waals surface area (Å²) in [6.07, 6.45) is 0.610. The van der Waals surface area contributed by atoms with Crippen molar-refractivity contribution in [2.45, 2.75) is 17.4 Å². The summed E-state index contributed by atoms with van der Waals surface area (Å²) in [5.74, 6) is 0. The van der Waals surface area contributed by atoms with Crippen molar-refractivity contribution >= 4 is 10.0 Å². The molecule has 1 saturated heterocycles. The number of nitrogens with zero attached hydrogens (tertiary/aromatic N) is 3. The lowest BCUT2D eigenvalue weighted by Crippen LogP contribution is -2.03. The normalized spacial score (nSPS) is 18.9. The van der Waals surface area contributed by atoms with Crippen molar-refractivity contribution in [1.29, 1.82) is 0 Å². The van der Waals surface area contributed by atoms with E-state index >= 15 is 0 Å². The molecule has 1 aromatic carbocycles. The fourth-order valence-electron chi connectivity index (χ4n) is 1.45. The Balaban J connectivity index is 2.42. The average molecular weight is 239 g/mol. The van der Waals surface area contributed by atoms with Gasteiger partial charge in [0.15, 0.2) is 0 Å². The van der Waals surface area contributed by atoms with E-state index in [9.17, 15) is 8.42 Å². The van der Waals surface area contributed by atoms with Gasteiger partial charge in [0.1, 0.15) is 0 Å². The van der Waals surface area contributed by atoms with Gasteiger partial charge in [-0.3, -0.25) is 0 Å². The van der Waals surface area contributed by atoms with Gasteiger partial charge in [-0.2, -0.15) is 0 Å². The summed E-state index contributed by atoms with van der Waals surface area (Å²) in [7, 11) is -3.91. The summed E-state index contributed by atoms with van der Waals surface area (Å²) in [6, 6.07) is 6.47. The molecule has 1 fully saturated rings. The number of hydrogen-bond donors (Lipinski definition) is 0. The summed E-state index contributed by atoms with van der Waals surface area (Å²) in [6.45, 7) is 0.649. The van der Waals surface area contributed by atoms with Crippen LogP contribution in [0.4, 0.5) is 0 Å². The summed E-state index contributed by atoms with van der Waals surface area (Å²) < 4.78 is 31.1. The Morgan fingerprint density at radius 1 is 1.50 bits per heavy atom. The molecule has 2 rings (SSSR count). The molecule has 1 atom stereocenters. The van der Waals surface area contributed by atoms with Crippen LogP contribution >= 0.6 is 0 Å². The van der Waals surface area contributed by atoms with Crippen molar-refractivity contribution in [3.05, 3.63) is 40.3 Å². The van der Waals surface area contributed by atoms with Crippen LogP contribution in [0.5, 0.6) is 0 Å². The zero-order valence-corrected chi connectivity index (χ0v) is 9.09. The Hall–Kier alpha value is -1.56. The number of benzene rings is 1. The Labute approximate surface area is 92.5 Å². The molecule has 0 spiro atoms. The maximum absolute atomic E-state index is 11.6. The van der Waals surface area contributed by atoms with Gasteiger partial charge < -0.3 is 4.74 Å². The first-order valence-corrected chi connectivity index (χ1v) is 6.08. The predicted octanol–water partition coefficient (Wildman–Crippen LogP) is 1.63. The van der Waals surface area contributed by atoms with Crippen LogP contribution in [0.1, 0.15) is 5.56 Å². The fourth-order valence-corrected chi connectivity index (χ4v) is 2.36. The third-order valence-electron chi connectivity index (χ3n) is 2.24. The molecule has 6 nitrogen and oxygen atoms in total. The first kappa shape index (κ1) is 10.9. The SMILES string of the molecule is [N-]=[N+]=NS(=O)(=O)c1ccccc1CC1CO1. The van der Waals surface area contributed by atoms with Crippen LogP contribution in [0.3, 0.4) is 0 Å². The van der Waals surface area contributed by atoms with Gasteiger partial charge in [0.25, 0.3) is 10.0 Å². The largest absolute Gasteiger partial charge is 0.373 e. The van der Waals surface area contributed by atoms with E-state index < -0.39 is 10.0 Å². The van der Waals surface area contributed by atoms with Gasteiger partial charge in [0, 0.05) is 15.9 Å². The van der Waals surface area contributed by atoms with E-state index in [-0.39, 0.29) is 11.0 Å². The Morgan fingerprint density at radius 3 is 2.81 bits per heavy atom. The van der Waals surface area contributed by atoms with Gasteiger partial charge in [-0.15, -0.1) is 0 Å². The van der Waals surface area contributed by atoms with Crippen LogP contribution in [0.15, 0.2) is 33.7 Å². The standard InChI is InChI=1S/C9H9N3O3S/c10-11-12-16(13,14)9-4-2-1-3-7(9)5-8-6-15-8/h1-4,8H,5-6H2. The first-order chi connectivity index (χ1) is 7.63. The molecule has 0 N–H and O–H groups in total. The first-order valence-electron chi connectivity index (χ1n) is 4.64.